The Hall–Kier alpha value is -1.75. The molecule has 0 amide bonds. The first-order valence-corrected chi connectivity index (χ1v) is 6.30. The highest BCUT2D eigenvalue weighted by molar-refractivity contribution is 6.46. The van der Waals surface area contributed by atoms with Gasteiger partial charge in [-0.05, 0) is 13.3 Å². The van der Waals surface area contributed by atoms with Crippen LogP contribution in [-0.4, -0.2) is 25.2 Å². The molecule has 1 aromatic carbocycles. The summed E-state index contributed by atoms with van der Waals surface area (Å²) in [7, 11) is 0. The minimum absolute atomic E-state index is 0.0791. The van der Waals surface area contributed by atoms with E-state index < -0.39 is 11.8 Å². The zero-order chi connectivity index (χ0) is 14.0. The highest BCUT2D eigenvalue weighted by Gasteiger charge is 2.29. The third-order valence-electron chi connectivity index (χ3n) is 2.76. The molecule has 1 aliphatic heterocycles. The van der Waals surface area contributed by atoms with E-state index in [2.05, 4.69) is 0 Å². The molecular weight excluding hydrogens is 272 g/mol. The maximum absolute atomic E-state index is 12.1. The number of hydrogen-bond acceptors (Lipinski definition) is 5. The summed E-state index contributed by atoms with van der Waals surface area (Å²) in [6, 6.07) is 1.48. The van der Waals surface area contributed by atoms with Crippen molar-refractivity contribution in [2.75, 3.05) is 13.4 Å². The van der Waals surface area contributed by atoms with Gasteiger partial charge in [-0.1, -0.05) is 18.5 Å². The van der Waals surface area contributed by atoms with Gasteiger partial charge in [-0.2, -0.15) is 0 Å². The standard InChI is InChI=1S/C13H13ClO5/c1-3-7-10(11(15)13(16)17-4-2)8(14)5-9-12(7)19-6-18-9/h5H,3-4,6H2,1-2H3. The van der Waals surface area contributed by atoms with Crippen molar-refractivity contribution in [3.63, 3.8) is 0 Å². The molecule has 0 saturated carbocycles. The Morgan fingerprint density at radius 2 is 2.11 bits per heavy atom. The van der Waals surface area contributed by atoms with Crippen LogP contribution in [0.5, 0.6) is 11.5 Å². The molecule has 19 heavy (non-hydrogen) atoms. The van der Waals surface area contributed by atoms with Crippen LogP contribution >= 0.6 is 11.6 Å². The lowest BCUT2D eigenvalue weighted by Crippen LogP contribution is -2.19. The first-order chi connectivity index (χ1) is 9.10. The second kappa shape index (κ2) is 5.48. The van der Waals surface area contributed by atoms with Gasteiger partial charge in [0.25, 0.3) is 5.78 Å². The van der Waals surface area contributed by atoms with Crippen molar-refractivity contribution in [1.82, 2.24) is 0 Å². The highest BCUT2D eigenvalue weighted by atomic mass is 35.5. The van der Waals surface area contributed by atoms with E-state index in [0.717, 1.165) is 0 Å². The molecule has 1 heterocycles. The van der Waals surface area contributed by atoms with Gasteiger partial charge >= 0.3 is 5.97 Å². The number of ether oxygens (including phenoxy) is 3. The lowest BCUT2D eigenvalue weighted by molar-refractivity contribution is -0.137. The molecule has 0 aromatic heterocycles. The predicted molar refractivity (Wildman–Crippen MR) is 67.9 cm³/mol. The molecule has 0 unspecified atom stereocenters. The van der Waals surface area contributed by atoms with E-state index in [0.29, 0.717) is 23.5 Å². The van der Waals surface area contributed by atoms with Gasteiger partial charge in [-0.25, -0.2) is 4.79 Å². The average Bonchev–Trinajstić information content (AvgIpc) is 2.84. The summed E-state index contributed by atoms with van der Waals surface area (Å²) < 4.78 is 15.3. The van der Waals surface area contributed by atoms with Gasteiger partial charge in [0.2, 0.25) is 6.79 Å². The van der Waals surface area contributed by atoms with Crippen LogP contribution in [0.15, 0.2) is 6.07 Å². The van der Waals surface area contributed by atoms with Gasteiger partial charge in [0.1, 0.15) is 0 Å². The number of ketones is 1. The minimum atomic E-state index is -0.919. The highest BCUT2D eigenvalue weighted by Crippen LogP contribution is 2.41. The Kier molecular flexibility index (Phi) is 3.95. The molecule has 0 radical (unpaired) electrons. The predicted octanol–water partition coefficient (Wildman–Crippen LogP) is 2.38. The Bertz CT molecular complexity index is 538. The maximum atomic E-state index is 12.1. The first kappa shape index (κ1) is 13.7. The fourth-order valence-electron chi connectivity index (χ4n) is 1.96. The molecule has 0 atom stereocenters. The zero-order valence-electron chi connectivity index (χ0n) is 10.6. The molecule has 6 heteroatoms. The number of Topliss-reactive ketones (excluding diaryl/α,β-unsaturated/α-hetero) is 1. The van der Waals surface area contributed by atoms with Gasteiger partial charge in [-0.3, -0.25) is 4.79 Å². The first-order valence-electron chi connectivity index (χ1n) is 5.92. The number of rotatable bonds is 4. The minimum Gasteiger partial charge on any atom is -0.460 e. The number of fused-ring (bicyclic) bond motifs is 1. The molecule has 0 spiro atoms. The SMILES string of the molecule is CCOC(=O)C(=O)c1c(Cl)cc2c(c1CC)OCO2. The van der Waals surface area contributed by atoms with Crippen LogP contribution in [0.1, 0.15) is 29.8 Å². The number of esters is 1. The van der Waals surface area contributed by atoms with Crippen LogP contribution in [0.4, 0.5) is 0 Å². The topological polar surface area (TPSA) is 61.8 Å². The molecule has 2 rings (SSSR count). The van der Waals surface area contributed by atoms with Gasteiger partial charge < -0.3 is 14.2 Å². The van der Waals surface area contributed by atoms with Crippen molar-refractivity contribution >= 4 is 23.4 Å². The monoisotopic (exact) mass is 284 g/mol. The molecule has 1 aromatic rings. The molecule has 102 valence electrons. The van der Waals surface area contributed by atoms with Crippen molar-refractivity contribution in [2.45, 2.75) is 20.3 Å². The second-order valence-corrected chi connectivity index (χ2v) is 4.26. The quantitative estimate of drug-likeness (QED) is 0.482. The zero-order valence-corrected chi connectivity index (χ0v) is 11.4. The van der Waals surface area contributed by atoms with Crippen molar-refractivity contribution in [3.8, 4) is 11.5 Å². The van der Waals surface area contributed by atoms with Crippen LogP contribution in [-0.2, 0) is 16.0 Å². The lowest BCUT2D eigenvalue weighted by Gasteiger charge is -2.11. The molecule has 1 aliphatic rings. The van der Waals surface area contributed by atoms with Gasteiger partial charge in [0.15, 0.2) is 11.5 Å². The molecular formula is C13H13ClO5. The Balaban J connectivity index is 2.51. The third-order valence-corrected chi connectivity index (χ3v) is 3.05. The average molecular weight is 285 g/mol. The van der Waals surface area contributed by atoms with E-state index in [-0.39, 0.29) is 24.0 Å². The summed E-state index contributed by atoms with van der Waals surface area (Å²) in [5.41, 5.74) is 0.699. The molecule has 0 aliphatic carbocycles. The normalized spacial score (nSPS) is 12.4. The third kappa shape index (κ3) is 2.38. The summed E-state index contributed by atoms with van der Waals surface area (Å²) in [5.74, 6) is -0.721. The fourth-order valence-corrected chi connectivity index (χ4v) is 2.26. The second-order valence-electron chi connectivity index (χ2n) is 3.85. The molecule has 0 N–H and O–H groups in total. The molecule has 5 nitrogen and oxygen atoms in total. The van der Waals surface area contributed by atoms with E-state index >= 15 is 0 Å². The van der Waals surface area contributed by atoms with Crippen molar-refractivity contribution in [2.24, 2.45) is 0 Å². The Labute approximate surface area is 115 Å². The smallest absolute Gasteiger partial charge is 0.379 e. The summed E-state index contributed by atoms with van der Waals surface area (Å²) in [6.07, 6.45) is 0.493. The summed E-state index contributed by atoms with van der Waals surface area (Å²) >= 11 is 6.07. The Morgan fingerprint density at radius 1 is 1.37 bits per heavy atom. The van der Waals surface area contributed by atoms with Gasteiger partial charge in [-0.15, -0.1) is 0 Å². The van der Waals surface area contributed by atoms with Crippen LogP contribution in [0.2, 0.25) is 5.02 Å². The largest absolute Gasteiger partial charge is 0.460 e. The van der Waals surface area contributed by atoms with Crippen molar-refractivity contribution < 1.29 is 23.8 Å². The number of carbonyl (C=O) groups excluding carboxylic acids is 2. The number of benzene rings is 1. The maximum Gasteiger partial charge on any atom is 0.379 e. The van der Waals surface area contributed by atoms with E-state index in [9.17, 15) is 9.59 Å². The van der Waals surface area contributed by atoms with Gasteiger partial charge in [0, 0.05) is 11.6 Å². The number of halogens is 1. The van der Waals surface area contributed by atoms with Crippen LogP contribution in [0.25, 0.3) is 0 Å². The molecule has 0 bridgehead atoms. The number of hydrogen-bond donors (Lipinski definition) is 0. The van der Waals surface area contributed by atoms with E-state index in [1.54, 1.807) is 6.92 Å². The number of carbonyl (C=O) groups is 2. The van der Waals surface area contributed by atoms with Crippen LogP contribution in [0.3, 0.4) is 0 Å². The Morgan fingerprint density at radius 3 is 2.74 bits per heavy atom. The summed E-state index contributed by atoms with van der Waals surface area (Å²) in [6.45, 7) is 3.69. The fraction of sp³-hybridized carbons (Fsp3) is 0.385. The van der Waals surface area contributed by atoms with E-state index in [4.69, 9.17) is 25.8 Å². The van der Waals surface area contributed by atoms with E-state index in [1.807, 2.05) is 6.92 Å². The van der Waals surface area contributed by atoms with Crippen LogP contribution in [0, 0.1) is 0 Å². The van der Waals surface area contributed by atoms with Gasteiger partial charge in [0.05, 0.1) is 17.2 Å². The molecule has 0 saturated heterocycles. The lowest BCUT2D eigenvalue weighted by atomic mass is 9.99. The summed E-state index contributed by atoms with van der Waals surface area (Å²) in [4.78, 5) is 23.6. The van der Waals surface area contributed by atoms with Crippen molar-refractivity contribution in [1.29, 1.82) is 0 Å². The summed E-state index contributed by atoms with van der Waals surface area (Å²) in [5, 5.41) is 0.166. The van der Waals surface area contributed by atoms with E-state index in [1.165, 1.54) is 6.07 Å². The van der Waals surface area contributed by atoms with Crippen LogP contribution < -0.4 is 9.47 Å². The molecule has 0 fully saturated rings. The van der Waals surface area contributed by atoms with Crippen molar-refractivity contribution in [3.05, 3.63) is 22.2 Å².